The Labute approximate surface area is 337 Å². The average Bonchev–Trinajstić information content (AvgIpc) is 3.22. The smallest absolute Gasteiger partial charge is 0.0209 e. The van der Waals surface area contributed by atoms with Crippen LogP contribution in [0, 0.1) is 339 Å². The summed E-state index contributed by atoms with van der Waals surface area (Å²) < 4.78 is 0. The topological polar surface area (TPSA) is 0 Å². The fraction of sp³-hybridized carbons (Fsp3) is 0. The van der Waals surface area contributed by atoms with Crippen LogP contribution in [0.3, 0.4) is 0 Å². The highest BCUT2D eigenvalue weighted by Gasteiger charge is 1.62. The maximum Gasteiger partial charge on any atom is 0.0209 e. The molecule has 0 aromatic rings. The van der Waals surface area contributed by atoms with Crippen LogP contribution in [0.25, 0.3) is 0 Å². The predicted molar refractivity (Wildman–Crippen MR) is 222 cm³/mol. The maximum atomic E-state index is 6.57. The Balaban J connectivity index is 4.58. The lowest BCUT2D eigenvalue weighted by molar-refractivity contribution is 2.31. The molecule has 0 bridgehead atoms. The van der Waals surface area contributed by atoms with Crippen LogP contribution in [0.15, 0.2) is 0 Å². The molecule has 0 nitrogen and oxygen atoms in total. The van der Waals surface area contributed by atoms with Gasteiger partial charge in [0, 0.05) is 286 Å². The summed E-state index contributed by atoms with van der Waals surface area (Å²) in [6.45, 7) is 3.31. The molecule has 0 aliphatic carbocycles. The summed E-state index contributed by atoms with van der Waals surface area (Å²) in [7, 11) is 0. The van der Waals surface area contributed by atoms with Crippen molar-refractivity contribution >= 4 is 0 Å². The Hall–Kier alpha value is -12.3. The van der Waals surface area contributed by atoms with Crippen LogP contribution in [0.2, 0.25) is 0 Å². The number of hydrogen-bond donors (Lipinski definition) is 0. The van der Waals surface area contributed by atoms with Crippen molar-refractivity contribution in [3.8, 4) is 326 Å². The monoisotopic (exact) mass is 686 g/mol. The largest absolute Gasteiger partial charge is 0.0881 e. The Morgan fingerprint density at radius 2 is 0.228 bits per heavy atom. The Kier molecular flexibility index (Phi) is 34.2. The summed E-state index contributed by atoms with van der Waals surface area (Å²) >= 11 is 0. The molecule has 0 fully saturated rings. The molecule has 0 aromatic heterocycles. The van der Waals surface area contributed by atoms with E-state index in [1.165, 1.54) is 0 Å². The molecule has 2 radical (unpaired) electrons. The summed E-state index contributed by atoms with van der Waals surface area (Å²) in [5.41, 5.74) is 0. The van der Waals surface area contributed by atoms with E-state index in [-0.39, 0.29) is 0 Å². The van der Waals surface area contributed by atoms with Gasteiger partial charge < -0.3 is 0 Å². The van der Waals surface area contributed by atoms with Gasteiger partial charge in [0.1, 0.15) is 0 Å². The maximum absolute atomic E-state index is 6.57. The van der Waals surface area contributed by atoms with Crippen molar-refractivity contribution in [3.63, 3.8) is 0 Å². The molecule has 0 atom stereocenters. The van der Waals surface area contributed by atoms with Crippen molar-refractivity contribution in [3.05, 3.63) is 13.3 Å². The van der Waals surface area contributed by atoms with Crippen LogP contribution in [-0.2, 0) is 0 Å². The van der Waals surface area contributed by atoms with E-state index >= 15 is 0 Å². The summed E-state index contributed by atoms with van der Waals surface area (Å²) in [5.74, 6) is 136. The molecule has 0 spiro atoms. The van der Waals surface area contributed by atoms with Crippen molar-refractivity contribution in [2.75, 3.05) is 0 Å². The molecular weight excluding hydrogens is 685 g/mol. The van der Waals surface area contributed by atoms with E-state index in [9.17, 15) is 0 Å². The fourth-order valence-corrected chi connectivity index (χ4v) is 1.67. The molecule has 0 rings (SSSR count). The van der Waals surface area contributed by atoms with Crippen LogP contribution >= 0.6 is 0 Å². The molecule has 0 amide bonds. The fourth-order valence-electron chi connectivity index (χ4n) is 1.67. The van der Waals surface area contributed by atoms with Gasteiger partial charge in [0.05, 0.1) is 0 Å². The molecule has 0 N–H and O–H groups in total. The van der Waals surface area contributed by atoms with Crippen molar-refractivity contribution in [1.82, 2.24) is 0 Å². The van der Waals surface area contributed by atoms with Gasteiger partial charge in [-0.2, -0.15) is 0 Å². The van der Waals surface area contributed by atoms with Crippen molar-refractivity contribution in [1.29, 1.82) is 0 Å². The van der Waals surface area contributed by atoms with Gasteiger partial charge >= 0.3 is 0 Å². The molecule has 0 saturated carbocycles. The van der Waals surface area contributed by atoms with Gasteiger partial charge in [-0.3, -0.25) is 0 Å². The Morgan fingerprint density at radius 3 is 0.316 bits per heavy atom. The minimum atomic E-state index is 1.87. The van der Waals surface area contributed by atoms with E-state index in [0.29, 0.717) is 0 Å². The zero-order valence-electron chi connectivity index (χ0n) is 28.7. The van der Waals surface area contributed by atoms with Gasteiger partial charge in [-0.15, -0.1) is 0 Å². The first kappa shape index (κ1) is 44.7. The molecule has 0 unspecified atom stereocenters. The molecule has 57 heavy (non-hydrogen) atoms. The highest BCUT2D eigenvalue weighted by molar-refractivity contribution is 5.51. The molecule has 0 aliphatic heterocycles. The Morgan fingerprint density at radius 1 is 0.140 bits per heavy atom. The lowest BCUT2D eigenvalue weighted by atomic mass is 10.4. The van der Waals surface area contributed by atoms with Crippen molar-refractivity contribution < 1.29 is 0 Å². The number of rotatable bonds is 0. The van der Waals surface area contributed by atoms with E-state index in [1.54, 1.807) is 0 Å². The van der Waals surface area contributed by atoms with E-state index < -0.39 is 0 Å². The van der Waals surface area contributed by atoms with Gasteiger partial charge in [-0.25, -0.2) is 0 Å². The van der Waals surface area contributed by atoms with Crippen LogP contribution in [0.5, 0.6) is 0 Å². The first-order valence-corrected chi connectivity index (χ1v) is 14.1. The van der Waals surface area contributed by atoms with Gasteiger partial charge in [-0.1, -0.05) is 5.92 Å². The van der Waals surface area contributed by atoms with Crippen molar-refractivity contribution in [2.45, 2.75) is 0 Å². The molecule has 0 aliphatic rings. The summed E-state index contributed by atoms with van der Waals surface area (Å²) in [6, 6.07) is 0. The first-order chi connectivity index (χ1) is 28.4. The predicted octanol–water partition coefficient (Wildman–Crippen LogP) is 0.502. The second-order valence-corrected chi connectivity index (χ2v) is 6.93. The molecule has 0 aromatic carbocycles. The van der Waals surface area contributed by atoms with Gasteiger partial charge in [0.25, 0.3) is 0 Å². The van der Waals surface area contributed by atoms with E-state index in [0.717, 1.165) is 0 Å². The molecule has 0 heterocycles. The molecule has 0 heteroatoms. The summed E-state index contributed by atoms with van der Waals surface area (Å²) in [6.07, 6.45) is 6.57. The van der Waals surface area contributed by atoms with Crippen LogP contribution in [-0.4, -0.2) is 0 Å². The summed E-state index contributed by atoms with van der Waals surface area (Å²) in [4.78, 5) is 0. The van der Waals surface area contributed by atoms with Gasteiger partial charge in [-0.05, 0) is 47.4 Å². The first-order valence-electron chi connectivity index (χ1n) is 14.1. The third kappa shape index (κ3) is 43.7. The summed E-state index contributed by atoms with van der Waals surface area (Å²) in [5, 5.41) is 0. The van der Waals surface area contributed by atoms with Gasteiger partial charge in [0.15, 0.2) is 0 Å². The zero-order chi connectivity index (χ0) is 40.9. The molecular formula is C57H2. The van der Waals surface area contributed by atoms with E-state index in [4.69, 9.17) is 6.42 Å². The average molecular weight is 687 g/mol. The minimum Gasteiger partial charge on any atom is -0.0881 e. The quantitative estimate of drug-likeness (QED) is 0.326. The minimum absolute atomic E-state index is 1.87. The molecule has 230 valence electrons. The zero-order valence-corrected chi connectivity index (χ0v) is 28.7. The van der Waals surface area contributed by atoms with Crippen molar-refractivity contribution in [2.24, 2.45) is 0 Å². The Bertz CT molecular complexity index is 3570. The van der Waals surface area contributed by atoms with Crippen LogP contribution in [0.4, 0.5) is 0 Å². The van der Waals surface area contributed by atoms with E-state index in [1.807, 2.05) is 5.92 Å². The normalized spacial score (nSPS) is 3.93. The highest BCUT2D eigenvalue weighted by Crippen LogP contribution is 1.63. The SMILES string of the molecule is [C]#CC#CC#CC#CC#CC#CC#CC#CC#CC#CC#CC#CC#CC#CC#CC#CC#CC#CC#CC#CC#CC#CC#CC#CC#CC#CC#CC#C[CH2]. The van der Waals surface area contributed by atoms with Crippen LogP contribution < -0.4 is 0 Å². The third-order valence-corrected chi connectivity index (χ3v) is 3.40. The third-order valence-electron chi connectivity index (χ3n) is 3.40. The highest BCUT2D eigenvalue weighted by atomic mass is 13.6. The van der Waals surface area contributed by atoms with Crippen LogP contribution in [0.1, 0.15) is 0 Å². The van der Waals surface area contributed by atoms with E-state index in [2.05, 4.69) is 327 Å². The second kappa shape index (κ2) is 43.7. The number of hydrogen-bond acceptors (Lipinski definition) is 0. The lowest BCUT2D eigenvalue weighted by Gasteiger charge is -1.57. The van der Waals surface area contributed by atoms with Gasteiger partial charge in [0.2, 0.25) is 0 Å². The standard InChI is InChI=1S/C57H2/c1-3-5-7-9-11-13-15-17-19-21-23-25-27-29-31-33-35-37-39-41-43-45-47-49-51-53-55-57-56-54-52-50-48-46-44-42-40-38-36-34-32-30-28-26-24-22-20-18-16-14-12-10-8-6-4-2/h1H2. The lowest BCUT2D eigenvalue weighted by Crippen LogP contribution is -1.57. The second-order valence-electron chi connectivity index (χ2n) is 6.93. The molecule has 0 saturated heterocycles.